The van der Waals surface area contributed by atoms with Gasteiger partial charge in [-0.05, 0) is 19.8 Å². The SMILES string of the molecule is CCOC1CC(Nc2c(C(=O)O)cnc3c2cnn3C)C1. The second kappa shape index (κ2) is 5.33. The Morgan fingerprint density at radius 2 is 2.29 bits per heavy atom. The fourth-order valence-corrected chi connectivity index (χ4v) is 2.67. The molecule has 7 nitrogen and oxygen atoms in total. The van der Waals surface area contributed by atoms with E-state index < -0.39 is 5.97 Å². The van der Waals surface area contributed by atoms with Crippen LogP contribution in [0.2, 0.25) is 0 Å². The minimum absolute atomic E-state index is 0.176. The van der Waals surface area contributed by atoms with Crippen molar-refractivity contribution < 1.29 is 14.6 Å². The van der Waals surface area contributed by atoms with E-state index in [-0.39, 0.29) is 17.7 Å². The molecule has 0 unspecified atom stereocenters. The fourth-order valence-electron chi connectivity index (χ4n) is 2.67. The Morgan fingerprint density at radius 1 is 1.52 bits per heavy atom. The molecule has 112 valence electrons. The van der Waals surface area contributed by atoms with Gasteiger partial charge in [0.25, 0.3) is 0 Å². The van der Waals surface area contributed by atoms with Crippen molar-refractivity contribution in [3.63, 3.8) is 0 Å². The van der Waals surface area contributed by atoms with Crippen LogP contribution in [-0.4, -0.2) is 44.6 Å². The minimum atomic E-state index is -0.989. The van der Waals surface area contributed by atoms with Gasteiger partial charge in [-0.25, -0.2) is 9.78 Å². The summed E-state index contributed by atoms with van der Waals surface area (Å²) in [7, 11) is 1.79. The van der Waals surface area contributed by atoms with Gasteiger partial charge in [0, 0.05) is 25.9 Å². The standard InChI is InChI=1S/C14H18N4O3/c1-3-21-9-4-8(5-9)17-12-10-7-16-18(2)13(10)15-6-11(12)14(19)20/h6-9H,3-5H2,1-2H3,(H,15,17)(H,19,20). The third-order valence-corrected chi connectivity index (χ3v) is 3.84. The lowest BCUT2D eigenvalue weighted by atomic mass is 9.88. The number of pyridine rings is 1. The van der Waals surface area contributed by atoms with E-state index in [1.165, 1.54) is 6.20 Å². The zero-order valence-electron chi connectivity index (χ0n) is 12.0. The Kier molecular flexibility index (Phi) is 3.50. The predicted molar refractivity (Wildman–Crippen MR) is 77.5 cm³/mol. The van der Waals surface area contributed by atoms with Gasteiger partial charge in [-0.3, -0.25) is 4.68 Å². The molecule has 2 N–H and O–H groups in total. The van der Waals surface area contributed by atoms with Gasteiger partial charge in [0.05, 0.1) is 23.4 Å². The lowest BCUT2D eigenvalue weighted by molar-refractivity contribution is 0.00301. The van der Waals surface area contributed by atoms with Gasteiger partial charge in [-0.2, -0.15) is 5.10 Å². The molecule has 0 saturated heterocycles. The lowest BCUT2D eigenvalue weighted by Gasteiger charge is -2.36. The maximum Gasteiger partial charge on any atom is 0.339 e. The topological polar surface area (TPSA) is 89.3 Å². The van der Waals surface area contributed by atoms with Crippen molar-refractivity contribution in [1.29, 1.82) is 0 Å². The molecule has 0 spiro atoms. The molecular formula is C14H18N4O3. The molecule has 2 aromatic rings. The van der Waals surface area contributed by atoms with E-state index >= 15 is 0 Å². The Balaban J connectivity index is 1.89. The van der Waals surface area contributed by atoms with Crippen LogP contribution >= 0.6 is 0 Å². The van der Waals surface area contributed by atoms with Crippen LogP contribution < -0.4 is 5.32 Å². The molecule has 0 amide bonds. The van der Waals surface area contributed by atoms with Crippen LogP contribution in [-0.2, 0) is 11.8 Å². The van der Waals surface area contributed by atoms with Crippen LogP contribution in [0.4, 0.5) is 5.69 Å². The van der Waals surface area contributed by atoms with Crippen molar-refractivity contribution in [2.75, 3.05) is 11.9 Å². The van der Waals surface area contributed by atoms with Crippen LogP contribution in [0.15, 0.2) is 12.4 Å². The summed E-state index contributed by atoms with van der Waals surface area (Å²) < 4.78 is 7.16. The number of nitrogens with zero attached hydrogens (tertiary/aromatic N) is 3. The van der Waals surface area contributed by atoms with Gasteiger partial charge in [-0.1, -0.05) is 0 Å². The van der Waals surface area contributed by atoms with E-state index in [0.29, 0.717) is 17.9 Å². The summed E-state index contributed by atoms with van der Waals surface area (Å²) in [4.78, 5) is 15.6. The molecule has 1 aliphatic carbocycles. The van der Waals surface area contributed by atoms with Gasteiger partial charge in [-0.15, -0.1) is 0 Å². The summed E-state index contributed by atoms with van der Waals surface area (Å²) in [6.45, 7) is 2.69. The first-order chi connectivity index (χ1) is 10.1. The van der Waals surface area contributed by atoms with Gasteiger partial charge in [0.2, 0.25) is 0 Å². The van der Waals surface area contributed by atoms with Gasteiger partial charge < -0.3 is 15.2 Å². The third kappa shape index (κ3) is 2.44. The summed E-state index contributed by atoms with van der Waals surface area (Å²) >= 11 is 0. The number of anilines is 1. The number of nitrogens with one attached hydrogen (secondary N) is 1. The zero-order chi connectivity index (χ0) is 15.0. The summed E-state index contributed by atoms with van der Waals surface area (Å²) in [5.74, 6) is -0.989. The smallest absolute Gasteiger partial charge is 0.339 e. The minimum Gasteiger partial charge on any atom is -0.478 e. The van der Waals surface area contributed by atoms with Crippen molar-refractivity contribution in [2.45, 2.75) is 31.9 Å². The third-order valence-electron chi connectivity index (χ3n) is 3.84. The van der Waals surface area contributed by atoms with Gasteiger partial charge in [0.15, 0.2) is 5.65 Å². The summed E-state index contributed by atoms with van der Waals surface area (Å²) in [5, 5.41) is 17.5. The number of carboxylic acid groups (broad SMARTS) is 1. The van der Waals surface area contributed by atoms with Crippen LogP contribution in [0.1, 0.15) is 30.1 Å². The van der Waals surface area contributed by atoms with E-state index in [4.69, 9.17) is 4.74 Å². The number of fused-ring (bicyclic) bond motifs is 1. The number of carboxylic acids is 1. The molecule has 0 aliphatic heterocycles. The molecule has 21 heavy (non-hydrogen) atoms. The number of ether oxygens (including phenoxy) is 1. The van der Waals surface area contributed by atoms with Crippen LogP contribution in [0.25, 0.3) is 11.0 Å². The molecular weight excluding hydrogens is 272 g/mol. The first-order valence-corrected chi connectivity index (χ1v) is 7.02. The highest BCUT2D eigenvalue weighted by Crippen LogP contribution is 2.32. The molecule has 1 saturated carbocycles. The van der Waals surface area contributed by atoms with E-state index in [1.54, 1.807) is 17.9 Å². The highest BCUT2D eigenvalue weighted by atomic mass is 16.5. The number of hydrogen-bond donors (Lipinski definition) is 2. The Labute approximate surface area is 121 Å². The van der Waals surface area contributed by atoms with E-state index in [2.05, 4.69) is 15.4 Å². The van der Waals surface area contributed by atoms with Gasteiger partial charge >= 0.3 is 5.97 Å². The van der Waals surface area contributed by atoms with Crippen LogP contribution in [0.3, 0.4) is 0 Å². The second-order valence-electron chi connectivity index (χ2n) is 5.25. The van der Waals surface area contributed by atoms with Crippen LogP contribution in [0.5, 0.6) is 0 Å². The van der Waals surface area contributed by atoms with Crippen molar-refractivity contribution in [1.82, 2.24) is 14.8 Å². The molecule has 1 fully saturated rings. The molecule has 3 rings (SSSR count). The first kappa shape index (κ1) is 13.8. The molecule has 0 atom stereocenters. The Morgan fingerprint density at radius 3 is 2.95 bits per heavy atom. The largest absolute Gasteiger partial charge is 0.478 e. The first-order valence-electron chi connectivity index (χ1n) is 7.02. The summed E-state index contributed by atoms with van der Waals surface area (Å²) in [6.07, 6.45) is 5.07. The number of aryl methyl sites for hydroxylation is 1. The van der Waals surface area contributed by atoms with E-state index in [1.807, 2.05) is 6.92 Å². The van der Waals surface area contributed by atoms with Crippen molar-refractivity contribution in [3.8, 4) is 0 Å². The van der Waals surface area contributed by atoms with Crippen molar-refractivity contribution in [2.24, 2.45) is 7.05 Å². The van der Waals surface area contributed by atoms with Crippen LogP contribution in [0, 0.1) is 0 Å². The average molecular weight is 290 g/mol. The molecule has 0 radical (unpaired) electrons. The Bertz CT molecular complexity index is 676. The monoisotopic (exact) mass is 290 g/mol. The second-order valence-corrected chi connectivity index (χ2v) is 5.25. The molecule has 0 bridgehead atoms. The zero-order valence-corrected chi connectivity index (χ0v) is 12.0. The molecule has 1 aliphatic rings. The summed E-state index contributed by atoms with van der Waals surface area (Å²) in [5.41, 5.74) is 1.44. The van der Waals surface area contributed by atoms with E-state index in [0.717, 1.165) is 18.2 Å². The highest BCUT2D eigenvalue weighted by molar-refractivity contribution is 6.03. The quantitative estimate of drug-likeness (QED) is 0.870. The number of aromatic carboxylic acids is 1. The number of hydrogen-bond acceptors (Lipinski definition) is 5. The molecule has 0 aromatic carbocycles. The van der Waals surface area contributed by atoms with Crippen molar-refractivity contribution >= 4 is 22.7 Å². The fraction of sp³-hybridized carbons (Fsp3) is 0.500. The molecule has 7 heteroatoms. The van der Waals surface area contributed by atoms with Gasteiger partial charge in [0.1, 0.15) is 5.56 Å². The average Bonchev–Trinajstić information content (AvgIpc) is 2.78. The Hall–Kier alpha value is -2.15. The normalized spacial score (nSPS) is 21.2. The number of rotatable bonds is 5. The number of carbonyl (C=O) groups is 1. The lowest BCUT2D eigenvalue weighted by Crippen LogP contribution is -2.41. The highest BCUT2D eigenvalue weighted by Gasteiger charge is 2.31. The number of aromatic nitrogens is 3. The molecule has 2 aromatic heterocycles. The molecule has 2 heterocycles. The maximum atomic E-state index is 11.4. The van der Waals surface area contributed by atoms with Crippen molar-refractivity contribution in [3.05, 3.63) is 18.0 Å². The maximum absolute atomic E-state index is 11.4. The van der Waals surface area contributed by atoms with E-state index in [9.17, 15) is 9.90 Å². The summed E-state index contributed by atoms with van der Waals surface area (Å²) in [6, 6.07) is 0.227. The predicted octanol–water partition coefficient (Wildman–Crippen LogP) is 1.65.